The van der Waals surface area contributed by atoms with Gasteiger partial charge in [-0.3, -0.25) is 4.99 Å². The highest BCUT2D eigenvalue weighted by molar-refractivity contribution is 6.14. The first-order valence-electron chi connectivity index (χ1n) is 17.5. The van der Waals surface area contributed by atoms with Gasteiger partial charge in [-0.05, 0) is 71.7 Å². The highest BCUT2D eigenvalue weighted by Crippen LogP contribution is 2.52. The van der Waals surface area contributed by atoms with E-state index in [9.17, 15) is 0 Å². The summed E-state index contributed by atoms with van der Waals surface area (Å²) in [6, 6.07) is 28.5. The van der Waals surface area contributed by atoms with Crippen molar-refractivity contribution in [3.8, 4) is 0 Å². The number of aliphatic imine (C=N–C) groups is 2. The Morgan fingerprint density at radius 2 is 1.67 bits per heavy atom. The number of fused-ring (bicyclic) bond motifs is 8. The Kier molecular flexibility index (Phi) is 7.43. The molecular formula is C44H44N3O+. The van der Waals surface area contributed by atoms with E-state index in [2.05, 4.69) is 131 Å². The average molecular weight is 631 g/mol. The van der Waals surface area contributed by atoms with Crippen LogP contribution in [0.15, 0.2) is 131 Å². The van der Waals surface area contributed by atoms with Crippen LogP contribution in [-0.4, -0.2) is 23.7 Å². The van der Waals surface area contributed by atoms with E-state index in [1.165, 1.54) is 49.7 Å². The molecule has 5 unspecified atom stereocenters. The predicted molar refractivity (Wildman–Crippen MR) is 198 cm³/mol. The lowest BCUT2D eigenvalue weighted by Gasteiger charge is -2.33. The molecule has 4 heterocycles. The lowest BCUT2D eigenvalue weighted by Crippen LogP contribution is -2.44. The monoisotopic (exact) mass is 630 g/mol. The fourth-order valence-corrected chi connectivity index (χ4v) is 8.37. The molecule has 3 aromatic carbocycles. The van der Waals surface area contributed by atoms with Gasteiger partial charge in [0.1, 0.15) is 11.8 Å². The third kappa shape index (κ3) is 4.68. The summed E-state index contributed by atoms with van der Waals surface area (Å²) < 4.78 is 9.15. The summed E-state index contributed by atoms with van der Waals surface area (Å²) in [6.45, 7) is 20.2. The number of allylic oxidation sites excluding steroid dienone is 4. The molecule has 48 heavy (non-hydrogen) atoms. The SMILES string of the molecule is C=CC1=NC2C(=C)[n+]3ccc(C(C)C(C)C)cc3C3=C(CCC2c2ccccc21)C1=C3OC(C)N=C(c2cccc3ccccc23)C1C. The van der Waals surface area contributed by atoms with Crippen LogP contribution in [0.4, 0.5) is 0 Å². The summed E-state index contributed by atoms with van der Waals surface area (Å²) in [6.07, 6.45) is 5.68. The van der Waals surface area contributed by atoms with Crippen molar-refractivity contribution < 1.29 is 9.30 Å². The zero-order valence-corrected chi connectivity index (χ0v) is 28.7. The van der Waals surface area contributed by atoms with E-state index in [-0.39, 0.29) is 24.1 Å². The summed E-state index contributed by atoms with van der Waals surface area (Å²) in [5, 5.41) is 2.46. The molecule has 1 aliphatic carbocycles. The van der Waals surface area contributed by atoms with E-state index in [0.717, 1.165) is 41.4 Å². The van der Waals surface area contributed by atoms with E-state index >= 15 is 0 Å². The maximum atomic E-state index is 6.85. The maximum absolute atomic E-state index is 6.85. The van der Waals surface area contributed by atoms with Gasteiger partial charge in [-0.1, -0.05) is 101 Å². The third-order valence-electron chi connectivity index (χ3n) is 11.2. The Hall–Kier alpha value is -4.83. The molecule has 4 nitrogen and oxygen atoms in total. The van der Waals surface area contributed by atoms with E-state index in [0.29, 0.717) is 11.8 Å². The molecule has 4 aliphatic rings. The highest BCUT2D eigenvalue weighted by atomic mass is 16.5. The van der Waals surface area contributed by atoms with Crippen LogP contribution in [0, 0.1) is 11.8 Å². The number of hydrogen-bond donors (Lipinski definition) is 0. The molecule has 4 aromatic rings. The molecule has 0 bridgehead atoms. The fraction of sp³-hybridized carbons (Fsp3) is 0.295. The van der Waals surface area contributed by atoms with E-state index in [1.54, 1.807) is 0 Å². The quantitative estimate of drug-likeness (QED) is 0.207. The molecule has 0 radical (unpaired) electrons. The summed E-state index contributed by atoms with van der Waals surface area (Å²) >= 11 is 0. The fourth-order valence-electron chi connectivity index (χ4n) is 8.37. The van der Waals surface area contributed by atoms with Gasteiger partial charge < -0.3 is 4.74 Å². The average Bonchev–Trinajstić information content (AvgIpc) is 3.17. The number of rotatable bonds is 4. The summed E-state index contributed by atoms with van der Waals surface area (Å²) in [5.41, 5.74) is 13.1. The molecule has 0 amide bonds. The van der Waals surface area contributed by atoms with Gasteiger partial charge in [-0.15, -0.1) is 0 Å². The summed E-state index contributed by atoms with van der Waals surface area (Å²) in [4.78, 5) is 10.6. The predicted octanol–water partition coefficient (Wildman–Crippen LogP) is 9.82. The molecule has 0 spiro atoms. The van der Waals surface area contributed by atoms with Crippen LogP contribution in [0.2, 0.25) is 0 Å². The molecule has 3 aliphatic heterocycles. The van der Waals surface area contributed by atoms with Gasteiger partial charge in [0.05, 0.1) is 17.0 Å². The van der Waals surface area contributed by atoms with E-state index in [1.807, 2.05) is 6.08 Å². The van der Waals surface area contributed by atoms with Crippen LogP contribution in [0.3, 0.4) is 0 Å². The van der Waals surface area contributed by atoms with Crippen LogP contribution in [-0.2, 0) is 4.74 Å². The molecule has 0 saturated heterocycles. The maximum Gasteiger partial charge on any atom is 0.222 e. The summed E-state index contributed by atoms with van der Waals surface area (Å²) in [5.74, 6) is 2.17. The first-order chi connectivity index (χ1) is 23.3. The second kappa shape index (κ2) is 11.7. The van der Waals surface area contributed by atoms with Gasteiger partial charge in [0, 0.05) is 40.7 Å². The van der Waals surface area contributed by atoms with Crippen molar-refractivity contribution in [1.29, 1.82) is 0 Å². The zero-order valence-electron chi connectivity index (χ0n) is 28.7. The van der Waals surface area contributed by atoms with Crippen LogP contribution in [0.5, 0.6) is 0 Å². The van der Waals surface area contributed by atoms with Crippen molar-refractivity contribution in [3.05, 3.63) is 149 Å². The molecule has 0 saturated carbocycles. The van der Waals surface area contributed by atoms with Crippen LogP contribution in [0.1, 0.15) is 87.2 Å². The van der Waals surface area contributed by atoms with Crippen molar-refractivity contribution in [1.82, 2.24) is 0 Å². The Balaban J connectivity index is 1.31. The van der Waals surface area contributed by atoms with Crippen molar-refractivity contribution in [2.45, 2.75) is 71.6 Å². The highest BCUT2D eigenvalue weighted by Gasteiger charge is 2.46. The van der Waals surface area contributed by atoms with Crippen molar-refractivity contribution in [2.24, 2.45) is 21.8 Å². The Morgan fingerprint density at radius 3 is 2.48 bits per heavy atom. The van der Waals surface area contributed by atoms with Crippen LogP contribution in [0.25, 0.3) is 22.0 Å². The van der Waals surface area contributed by atoms with E-state index < -0.39 is 0 Å². The Morgan fingerprint density at radius 1 is 0.917 bits per heavy atom. The number of nitrogens with zero attached hydrogens (tertiary/aromatic N) is 3. The molecule has 4 heteroatoms. The second-order valence-corrected chi connectivity index (χ2v) is 14.2. The first-order valence-corrected chi connectivity index (χ1v) is 17.5. The first kappa shape index (κ1) is 30.5. The minimum atomic E-state index is -0.320. The molecule has 0 N–H and O–H groups in total. The van der Waals surface area contributed by atoms with Gasteiger partial charge >= 0.3 is 0 Å². The van der Waals surface area contributed by atoms with Gasteiger partial charge in [0.15, 0.2) is 12.4 Å². The second-order valence-electron chi connectivity index (χ2n) is 14.2. The topological polar surface area (TPSA) is 37.8 Å². The number of hydrogen-bond acceptors (Lipinski definition) is 3. The molecule has 5 atom stereocenters. The molecular weight excluding hydrogens is 587 g/mol. The number of ether oxygens (including phenoxy) is 1. The lowest BCUT2D eigenvalue weighted by atomic mass is 9.72. The van der Waals surface area contributed by atoms with Crippen molar-refractivity contribution >= 4 is 33.5 Å². The molecule has 1 aromatic heterocycles. The van der Waals surface area contributed by atoms with Crippen LogP contribution >= 0.6 is 0 Å². The minimum absolute atomic E-state index is 0.0736. The number of aromatic nitrogens is 1. The van der Waals surface area contributed by atoms with Crippen molar-refractivity contribution in [2.75, 3.05) is 0 Å². The normalized spacial score (nSPS) is 23.8. The smallest absolute Gasteiger partial charge is 0.222 e. The largest absolute Gasteiger partial charge is 0.468 e. The van der Waals surface area contributed by atoms with Crippen LogP contribution < -0.4 is 4.57 Å². The zero-order chi connectivity index (χ0) is 33.3. The molecule has 8 rings (SSSR count). The third-order valence-corrected chi connectivity index (χ3v) is 11.2. The Bertz CT molecular complexity index is 2140. The summed E-state index contributed by atoms with van der Waals surface area (Å²) in [7, 11) is 0. The minimum Gasteiger partial charge on any atom is -0.468 e. The van der Waals surface area contributed by atoms with Gasteiger partial charge in [0.2, 0.25) is 11.4 Å². The van der Waals surface area contributed by atoms with E-state index in [4.69, 9.17) is 21.3 Å². The number of pyridine rings is 1. The van der Waals surface area contributed by atoms with Gasteiger partial charge in [0.25, 0.3) is 0 Å². The molecule has 240 valence electrons. The molecule has 0 fully saturated rings. The standard InChI is InChI=1S/C44H44N3O/c1-8-38-34-18-12-11-17-33(34)36-20-21-37-40-27(5)42(35-19-13-15-30-14-9-10-16-32(30)35)45-29(7)48-44(40)41(37)39-24-31(26(4)25(2)3)22-23-47(39)28(6)43(36)46-38/h8-19,22-27,29,36,43H,1,6,20-21H2,2-5,7H3/q+1. The van der Waals surface area contributed by atoms with Gasteiger partial charge in [-0.2, -0.15) is 4.57 Å². The van der Waals surface area contributed by atoms with Crippen molar-refractivity contribution in [3.63, 3.8) is 0 Å². The van der Waals surface area contributed by atoms with Gasteiger partial charge in [-0.25, -0.2) is 4.99 Å². The Labute approximate surface area is 284 Å². The lowest BCUT2D eigenvalue weighted by molar-refractivity contribution is -0.586. The number of benzene rings is 3.